The molecule has 2 N–H and O–H groups in total. The summed E-state index contributed by atoms with van der Waals surface area (Å²) in [5.41, 5.74) is 3.69. The molecule has 3 aromatic rings. The van der Waals surface area contributed by atoms with Gasteiger partial charge in [0.05, 0.1) is 16.9 Å². The van der Waals surface area contributed by atoms with Gasteiger partial charge in [-0.15, -0.1) is 11.3 Å². The fourth-order valence-electron chi connectivity index (χ4n) is 7.69. The molecule has 41 heavy (non-hydrogen) atoms. The monoisotopic (exact) mass is 589 g/mol. The van der Waals surface area contributed by atoms with Crippen molar-refractivity contribution in [3.63, 3.8) is 0 Å². The number of amides is 1. The molecule has 4 fully saturated rings. The number of rotatable bonds is 8. The van der Waals surface area contributed by atoms with Crippen LogP contribution >= 0.6 is 11.3 Å². The largest absolute Gasteiger partial charge is 0.541 e. The lowest BCUT2D eigenvalue weighted by Gasteiger charge is -2.63. The minimum Gasteiger partial charge on any atom is -0.541 e. The first-order valence-electron chi connectivity index (χ1n) is 14.7. The van der Waals surface area contributed by atoms with Crippen molar-refractivity contribution < 1.29 is 19.1 Å². The maximum absolute atomic E-state index is 13.2. The van der Waals surface area contributed by atoms with Gasteiger partial charge >= 0.3 is 0 Å². The molecule has 4 saturated carbocycles. The van der Waals surface area contributed by atoms with Crippen molar-refractivity contribution in [2.75, 3.05) is 13.2 Å². The van der Waals surface area contributed by atoms with Gasteiger partial charge in [0.25, 0.3) is 14.9 Å². The predicted octanol–water partition coefficient (Wildman–Crippen LogP) is 7.13. The summed E-state index contributed by atoms with van der Waals surface area (Å²) in [5.74, 6) is 2.08. The first-order valence-corrected chi connectivity index (χ1v) is 18.0. The van der Waals surface area contributed by atoms with Crippen LogP contribution in [0.5, 0.6) is 11.5 Å². The molecule has 0 spiro atoms. The van der Waals surface area contributed by atoms with Gasteiger partial charge in [-0.3, -0.25) is 4.79 Å². The van der Waals surface area contributed by atoms with Crippen LogP contribution < -0.4 is 9.74 Å². The van der Waals surface area contributed by atoms with Crippen molar-refractivity contribution in [3.05, 3.63) is 64.7 Å². The zero-order chi connectivity index (χ0) is 29.2. The fourth-order valence-corrected chi connectivity index (χ4v) is 9.23. The number of benzene rings is 2. The predicted molar refractivity (Wildman–Crippen MR) is 166 cm³/mol. The number of thiazole rings is 1. The van der Waals surface area contributed by atoms with Crippen LogP contribution in [0.25, 0.3) is 10.2 Å². The van der Waals surface area contributed by atoms with E-state index in [0.717, 1.165) is 52.8 Å². The molecule has 0 saturated heterocycles. The summed E-state index contributed by atoms with van der Waals surface area (Å²) in [7, 11) is -0.986. The summed E-state index contributed by atoms with van der Waals surface area (Å²) in [6.07, 6.45) is 5.38. The van der Waals surface area contributed by atoms with E-state index in [4.69, 9.17) is 14.1 Å². The highest BCUT2D eigenvalue weighted by atomic mass is 32.1. The lowest BCUT2D eigenvalue weighted by molar-refractivity contribution is -0.126. The number of phenols is 1. The Labute approximate surface area is 248 Å². The number of nitrogens with one attached hydrogen (secondary N) is 1. The normalized spacial score (nSPS) is 27.1. The van der Waals surface area contributed by atoms with E-state index in [9.17, 15) is 9.90 Å². The van der Waals surface area contributed by atoms with E-state index in [1.54, 1.807) is 6.07 Å². The number of ether oxygens (including phenoxy) is 1. The smallest absolute Gasteiger partial charge is 0.280 e. The van der Waals surface area contributed by atoms with Gasteiger partial charge in [0.1, 0.15) is 17.0 Å². The molecule has 0 aliphatic heterocycles. The first kappa shape index (κ1) is 28.4. The van der Waals surface area contributed by atoms with Gasteiger partial charge in [0.2, 0.25) is 0 Å². The number of carbonyl (C=O) groups is 1. The Hall–Kier alpha value is -2.68. The van der Waals surface area contributed by atoms with Crippen molar-refractivity contribution in [2.24, 2.45) is 11.8 Å². The van der Waals surface area contributed by atoms with Crippen molar-refractivity contribution in [1.29, 1.82) is 0 Å². The second-order valence-corrected chi connectivity index (χ2v) is 16.6. The molecule has 2 atom stereocenters. The topological polar surface area (TPSA) is 80.7 Å². The van der Waals surface area contributed by atoms with Crippen molar-refractivity contribution in [2.45, 2.75) is 82.4 Å². The molecule has 2 aromatic carbocycles. The third-order valence-corrected chi connectivity index (χ3v) is 10.9. The Kier molecular flexibility index (Phi) is 7.10. The highest BCUT2D eigenvalue weighted by molar-refractivity contribution is 7.20. The average Bonchev–Trinajstić information content (AvgIpc) is 3.33. The van der Waals surface area contributed by atoms with Crippen LogP contribution in [0.2, 0.25) is 13.1 Å². The quantitative estimate of drug-likeness (QED) is 0.166. The van der Waals surface area contributed by atoms with Crippen LogP contribution in [-0.2, 0) is 15.6 Å². The molecule has 6 nitrogen and oxygen atoms in total. The second kappa shape index (κ2) is 10.2. The molecule has 1 aromatic heterocycles. The van der Waals surface area contributed by atoms with Gasteiger partial charge in [-0.2, -0.15) is 0 Å². The molecule has 8 heteroatoms. The third-order valence-electron chi connectivity index (χ3n) is 9.30. The van der Waals surface area contributed by atoms with Crippen LogP contribution in [-0.4, -0.2) is 43.8 Å². The molecule has 1 heterocycles. The fraction of sp³-hybridized carbons (Fsp3) is 0.515. The summed E-state index contributed by atoms with van der Waals surface area (Å²) in [6.45, 7) is 16.2. The van der Waals surface area contributed by atoms with E-state index in [1.807, 2.05) is 12.1 Å². The summed E-state index contributed by atoms with van der Waals surface area (Å²) >= 11 is 1.41. The highest BCUT2D eigenvalue weighted by Crippen LogP contribution is 2.65. The Morgan fingerprint density at radius 3 is 2.56 bits per heavy atom. The molecule has 4 bridgehead atoms. The van der Waals surface area contributed by atoms with Crippen LogP contribution in [0, 0.1) is 11.8 Å². The van der Waals surface area contributed by atoms with E-state index in [0.29, 0.717) is 35.7 Å². The summed E-state index contributed by atoms with van der Waals surface area (Å²) in [4.78, 5) is 17.9. The van der Waals surface area contributed by atoms with Gasteiger partial charge < -0.3 is 19.6 Å². The molecule has 4 aliphatic carbocycles. The van der Waals surface area contributed by atoms with Crippen molar-refractivity contribution >= 4 is 36.5 Å². The number of carbonyl (C=O) groups excluding carboxylic acids is 1. The minimum absolute atomic E-state index is 0.0365. The molecule has 7 rings (SSSR count). The van der Waals surface area contributed by atoms with E-state index >= 15 is 0 Å². The molecule has 1 amide bonds. The Bertz CT molecular complexity index is 1490. The third kappa shape index (κ3) is 5.12. The SMILES string of the molecule is C=C1C2(OCCNC(=O)c3nc4c(O[Si](C)C)cc(C(C)(C)C)cc4s3)CC3CC(C2)CC1(c1cccc(O)c1)C3. The van der Waals surface area contributed by atoms with Crippen LogP contribution in [0.4, 0.5) is 0 Å². The van der Waals surface area contributed by atoms with Crippen LogP contribution in [0.1, 0.15) is 73.8 Å². The Balaban J connectivity index is 1.15. The molecule has 1 radical (unpaired) electrons. The summed E-state index contributed by atoms with van der Waals surface area (Å²) in [6, 6.07) is 11.9. The van der Waals surface area contributed by atoms with E-state index in [2.05, 4.69) is 64.0 Å². The first-order chi connectivity index (χ1) is 19.4. The second-order valence-electron chi connectivity index (χ2n) is 13.6. The zero-order valence-electron chi connectivity index (χ0n) is 24.8. The van der Waals surface area contributed by atoms with E-state index in [-0.39, 0.29) is 22.3 Å². The van der Waals surface area contributed by atoms with Crippen LogP contribution in [0.3, 0.4) is 0 Å². The number of aromatic hydroxyl groups is 1. The van der Waals surface area contributed by atoms with E-state index < -0.39 is 9.04 Å². The maximum atomic E-state index is 13.2. The summed E-state index contributed by atoms with van der Waals surface area (Å²) in [5, 5.41) is 13.7. The standard InChI is InChI=1S/C33H41N2O4SSi/c1-20-32(23-8-7-9-25(36)13-23)16-21-12-22(17-32)19-33(20,18-21)38-11-10-34-29(37)30-35-28-26(39-41(5)6)14-24(31(2,3)4)15-27(28)40-30/h7-9,13-15,21-22,36H,1,10-12,16-19H2,2-6H3,(H,34,37). The highest BCUT2D eigenvalue weighted by Gasteiger charge is 2.61. The van der Waals surface area contributed by atoms with Gasteiger partial charge in [0, 0.05) is 12.0 Å². The number of nitrogens with zero attached hydrogens (tertiary/aromatic N) is 1. The lowest BCUT2D eigenvalue weighted by Crippen LogP contribution is -2.60. The number of phenolic OH excluding ortho intramolecular Hbond substituents is 1. The average molecular weight is 590 g/mol. The number of hydrogen-bond donors (Lipinski definition) is 2. The zero-order valence-corrected chi connectivity index (χ0v) is 26.6. The van der Waals surface area contributed by atoms with E-state index in [1.165, 1.54) is 23.3 Å². The Morgan fingerprint density at radius 1 is 1.17 bits per heavy atom. The minimum atomic E-state index is -0.986. The van der Waals surface area contributed by atoms with Gasteiger partial charge in [-0.1, -0.05) is 39.5 Å². The number of fused-ring (bicyclic) bond motifs is 1. The maximum Gasteiger partial charge on any atom is 0.280 e. The molecule has 217 valence electrons. The molecule has 4 aliphatic rings. The van der Waals surface area contributed by atoms with Crippen molar-refractivity contribution in [1.82, 2.24) is 10.3 Å². The van der Waals surface area contributed by atoms with Gasteiger partial charge in [-0.25, -0.2) is 4.98 Å². The molecular weight excluding hydrogens is 549 g/mol. The summed E-state index contributed by atoms with van der Waals surface area (Å²) < 4.78 is 13.9. The molecule has 2 unspecified atom stereocenters. The molecular formula is C33H41N2O4SSi. The van der Waals surface area contributed by atoms with Gasteiger partial charge in [0.15, 0.2) is 5.01 Å². The van der Waals surface area contributed by atoms with Crippen LogP contribution in [0.15, 0.2) is 48.6 Å². The lowest BCUT2D eigenvalue weighted by atomic mass is 9.44. The number of aromatic nitrogens is 1. The Morgan fingerprint density at radius 2 is 1.90 bits per heavy atom. The van der Waals surface area contributed by atoms with Crippen molar-refractivity contribution in [3.8, 4) is 11.5 Å². The van der Waals surface area contributed by atoms with Gasteiger partial charge in [-0.05, 0) is 103 Å². The number of hydrogen-bond acceptors (Lipinski definition) is 6.